The van der Waals surface area contributed by atoms with Gasteiger partial charge in [-0.2, -0.15) is 0 Å². The van der Waals surface area contributed by atoms with E-state index in [1.807, 2.05) is 24.3 Å². The van der Waals surface area contributed by atoms with Crippen LogP contribution in [0.3, 0.4) is 0 Å². The molecule has 1 heterocycles. The topological polar surface area (TPSA) is 70.7 Å². The lowest BCUT2D eigenvalue weighted by Crippen LogP contribution is -2.00. The molecule has 0 amide bonds. The Kier molecular flexibility index (Phi) is 5.28. The van der Waals surface area contributed by atoms with E-state index in [4.69, 9.17) is 4.42 Å². The standard InChI is InChI=1S/C22H20O4/c1-2-3-4-5-6-7-15-8-10-16(11-9-15)20-14-19(25)22-18(24)12-17(23)13-21(22)26-20/h8-14,23-24H,2-5H2,1H3. The van der Waals surface area contributed by atoms with Gasteiger partial charge < -0.3 is 14.6 Å². The molecule has 0 spiro atoms. The van der Waals surface area contributed by atoms with Crippen molar-refractivity contribution in [1.29, 1.82) is 0 Å². The number of phenols is 2. The predicted octanol–water partition coefficient (Wildman–Crippen LogP) is 4.80. The van der Waals surface area contributed by atoms with Gasteiger partial charge in [-0.05, 0) is 30.7 Å². The number of phenolic OH excluding ortho intramolecular Hbond substituents is 2. The second kappa shape index (κ2) is 7.79. The average molecular weight is 348 g/mol. The Bertz CT molecular complexity index is 1030. The molecule has 3 rings (SSSR count). The molecule has 0 saturated heterocycles. The Hall–Kier alpha value is -3.19. The molecule has 26 heavy (non-hydrogen) atoms. The molecule has 0 fully saturated rings. The van der Waals surface area contributed by atoms with Crippen LogP contribution in [-0.4, -0.2) is 10.2 Å². The molecule has 132 valence electrons. The zero-order chi connectivity index (χ0) is 18.5. The summed E-state index contributed by atoms with van der Waals surface area (Å²) in [7, 11) is 0. The highest BCUT2D eigenvalue weighted by Crippen LogP contribution is 2.30. The molecular formula is C22H20O4. The number of hydrogen-bond donors (Lipinski definition) is 2. The smallest absolute Gasteiger partial charge is 0.197 e. The van der Waals surface area contributed by atoms with Crippen LogP contribution in [0.4, 0.5) is 0 Å². The molecule has 0 aliphatic carbocycles. The third-order valence-corrected chi connectivity index (χ3v) is 4.10. The number of hydrogen-bond acceptors (Lipinski definition) is 4. The highest BCUT2D eigenvalue weighted by atomic mass is 16.3. The predicted molar refractivity (Wildman–Crippen MR) is 102 cm³/mol. The van der Waals surface area contributed by atoms with E-state index in [-0.39, 0.29) is 27.9 Å². The first-order valence-electron chi connectivity index (χ1n) is 8.67. The molecule has 0 aliphatic rings. The van der Waals surface area contributed by atoms with Crippen LogP contribution in [0.1, 0.15) is 38.2 Å². The lowest BCUT2D eigenvalue weighted by molar-refractivity contribution is 0.452. The maximum absolute atomic E-state index is 12.3. The second-order valence-electron chi connectivity index (χ2n) is 6.15. The van der Waals surface area contributed by atoms with Crippen LogP contribution >= 0.6 is 0 Å². The highest BCUT2D eigenvalue weighted by molar-refractivity contribution is 5.86. The van der Waals surface area contributed by atoms with Crippen LogP contribution in [0, 0.1) is 11.8 Å². The monoisotopic (exact) mass is 348 g/mol. The van der Waals surface area contributed by atoms with Crippen LogP contribution < -0.4 is 5.43 Å². The highest BCUT2D eigenvalue weighted by Gasteiger charge is 2.12. The Morgan fingerprint density at radius 3 is 2.54 bits per heavy atom. The third-order valence-electron chi connectivity index (χ3n) is 4.10. The van der Waals surface area contributed by atoms with Gasteiger partial charge in [0.05, 0.1) is 0 Å². The number of aromatic hydroxyl groups is 2. The molecule has 2 N–H and O–H groups in total. The van der Waals surface area contributed by atoms with E-state index in [1.165, 1.54) is 25.0 Å². The van der Waals surface area contributed by atoms with Gasteiger partial charge in [-0.15, -0.1) is 0 Å². The van der Waals surface area contributed by atoms with Gasteiger partial charge in [-0.25, -0.2) is 0 Å². The van der Waals surface area contributed by atoms with Crippen LogP contribution in [0.2, 0.25) is 0 Å². The van der Waals surface area contributed by atoms with Crippen molar-refractivity contribution in [3.05, 3.63) is 58.3 Å². The van der Waals surface area contributed by atoms with Crippen LogP contribution in [-0.2, 0) is 0 Å². The summed E-state index contributed by atoms with van der Waals surface area (Å²) >= 11 is 0. The van der Waals surface area contributed by atoms with Gasteiger partial charge in [0.1, 0.15) is 28.2 Å². The Labute approximate surface area is 151 Å². The van der Waals surface area contributed by atoms with Crippen molar-refractivity contribution in [2.45, 2.75) is 32.6 Å². The SMILES string of the molecule is CCCCCC#Cc1ccc(-c2cc(=O)c3c(O)cc(O)cc3o2)cc1. The minimum atomic E-state index is -0.362. The van der Waals surface area contributed by atoms with Crippen LogP contribution in [0.25, 0.3) is 22.3 Å². The first kappa shape index (κ1) is 17.6. The molecule has 0 aliphatic heterocycles. The van der Waals surface area contributed by atoms with E-state index in [0.29, 0.717) is 5.76 Å². The Balaban J connectivity index is 1.89. The molecular weight excluding hydrogens is 328 g/mol. The maximum Gasteiger partial charge on any atom is 0.197 e. The number of benzene rings is 2. The van der Waals surface area contributed by atoms with Gasteiger partial charge in [0.25, 0.3) is 0 Å². The fraction of sp³-hybridized carbons (Fsp3) is 0.227. The summed E-state index contributed by atoms with van der Waals surface area (Å²) < 4.78 is 5.70. The summed E-state index contributed by atoms with van der Waals surface area (Å²) in [5.41, 5.74) is 1.41. The van der Waals surface area contributed by atoms with Crippen molar-refractivity contribution >= 4 is 11.0 Å². The first-order valence-corrected chi connectivity index (χ1v) is 8.67. The number of unbranched alkanes of at least 4 members (excludes halogenated alkanes) is 3. The third kappa shape index (κ3) is 3.89. The minimum Gasteiger partial charge on any atom is -0.508 e. The number of fused-ring (bicyclic) bond motifs is 1. The van der Waals surface area contributed by atoms with E-state index >= 15 is 0 Å². The molecule has 0 saturated carbocycles. The average Bonchev–Trinajstić information content (AvgIpc) is 2.61. The van der Waals surface area contributed by atoms with Crippen LogP contribution in [0.15, 0.2) is 51.7 Å². The zero-order valence-electron chi connectivity index (χ0n) is 14.6. The maximum atomic E-state index is 12.3. The fourth-order valence-electron chi connectivity index (χ4n) is 2.74. The Morgan fingerprint density at radius 2 is 1.81 bits per heavy atom. The summed E-state index contributed by atoms with van der Waals surface area (Å²) in [5, 5.41) is 19.5. The van der Waals surface area contributed by atoms with Crippen molar-refractivity contribution < 1.29 is 14.6 Å². The zero-order valence-corrected chi connectivity index (χ0v) is 14.6. The molecule has 2 aromatic carbocycles. The normalized spacial score (nSPS) is 10.5. The molecule has 0 radical (unpaired) electrons. The molecule has 0 atom stereocenters. The summed E-state index contributed by atoms with van der Waals surface area (Å²) in [4.78, 5) is 12.3. The van der Waals surface area contributed by atoms with Gasteiger partial charge >= 0.3 is 0 Å². The molecule has 0 unspecified atom stereocenters. The molecule has 4 nitrogen and oxygen atoms in total. The molecule has 1 aromatic heterocycles. The summed E-state index contributed by atoms with van der Waals surface area (Å²) in [6.07, 6.45) is 4.38. The lowest BCUT2D eigenvalue weighted by atomic mass is 10.1. The quantitative estimate of drug-likeness (QED) is 0.525. The van der Waals surface area contributed by atoms with E-state index in [9.17, 15) is 15.0 Å². The first-order chi connectivity index (χ1) is 12.6. The minimum absolute atomic E-state index is 0.0566. The van der Waals surface area contributed by atoms with Crippen molar-refractivity contribution in [1.82, 2.24) is 0 Å². The molecule has 4 heteroatoms. The number of rotatable bonds is 4. The van der Waals surface area contributed by atoms with Crippen molar-refractivity contribution in [3.63, 3.8) is 0 Å². The van der Waals surface area contributed by atoms with Gasteiger partial charge in [-0.3, -0.25) is 4.79 Å². The fourth-order valence-corrected chi connectivity index (χ4v) is 2.74. The van der Waals surface area contributed by atoms with E-state index < -0.39 is 0 Å². The largest absolute Gasteiger partial charge is 0.508 e. The van der Waals surface area contributed by atoms with Gasteiger partial charge in [0.15, 0.2) is 5.43 Å². The van der Waals surface area contributed by atoms with Crippen molar-refractivity contribution in [2.24, 2.45) is 0 Å². The van der Waals surface area contributed by atoms with Crippen molar-refractivity contribution in [2.75, 3.05) is 0 Å². The van der Waals surface area contributed by atoms with E-state index in [0.717, 1.165) is 30.0 Å². The summed E-state index contributed by atoms with van der Waals surface area (Å²) in [6.45, 7) is 2.17. The van der Waals surface area contributed by atoms with E-state index in [1.54, 1.807) is 0 Å². The second-order valence-corrected chi connectivity index (χ2v) is 6.15. The molecule has 3 aromatic rings. The van der Waals surface area contributed by atoms with Gasteiger partial charge in [0, 0.05) is 35.7 Å². The summed E-state index contributed by atoms with van der Waals surface area (Å²) in [6, 6.07) is 11.2. The van der Waals surface area contributed by atoms with Gasteiger partial charge in [-0.1, -0.05) is 31.6 Å². The molecule has 0 bridgehead atoms. The van der Waals surface area contributed by atoms with Crippen molar-refractivity contribution in [3.8, 4) is 34.7 Å². The van der Waals surface area contributed by atoms with Crippen LogP contribution in [0.5, 0.6) is 11.5 Å². The summed E-state index contributed by atoms with van der Waals surface area (Å²) in [5.74, 6) is 6.20. The lowest BCUT2D eigenvalue weighted by Gasteiger charge is -2.05. The van der Waals surface area contributed by atoms with Gasteiger partial charge in [0.2, 0.25) is 0 Å². The van der Waals surface area contributed by atoms with E-state index in [2.05, 4.69) is 18.8 Å². The Morgan fingerprint density at radius 1 is 1.04 bits per heavy atom.